The van der Waals surface area contributed by atoms with E-state index in [9.17, 15) is 9.18 Å². The maximum Gasteiger partial charge on any atom is 0.226 e. The SMILES string of the molecule is CCCCCN(Cc1ccc(F)cc1)C(=O)C1CCNCC1. The number of nitrogens with zero attached hydrogens (tertiary/aromatic N) is 1. The first-order chi connectivity index (χ1) is 10.7. The van der Waals surface area contributed by atoms with Crippen LogP contribution in [0.5, 0.6) is 0 Å². The molecule has 1 aromatic rings. The fourth-order valence-electron chi connectivity index (χ4n) is 2.96. The first-order valence-electron chi connectivity index (χ1n) is 8.44. The largest absolute Gasteiger partial charge is 0.338 e. The smallest absolute Gasteiger partial charge is 0.226 e. The van der Waals surface area contributed by atoms with Crippen molar-refractivity contribution in [3.63, 3.8) is 0 Å². The molecule has 1 saturated heterocycles. The Balaban J connectivity index is 2.00. The van der Waals surface area contributed by atoms with Gasteiger partial charge in [-0.05, 0) is 50.0 Å². The third kappa shape index (κ3) is 5.09. The van der Waals surface area contributed by atoms with Gasteiger partial charge in [-0.3, -0.25) is 4.79 Å². The molecule has 122 valence electrons. The van der Waals surface area contributed by atoms with E-state index in [2.05, 4.69) is 12.2 Å². The van der Waals surface area contributed by atoms with Crippen molar-refractivity contribution in [1.29, 1.82) is 0 Å². The quantitative estimate of drug-likeness (QED) is 0.784. The van der Waals surface area contributed by atoms with E-state index in [1.165, 1.54) is 12.1 Å². The van der Waals surface area contributed by atoms with Crippen LogP contribution in [-0.4, -0.2) is 30.4 Å². The molecular formula is C18H27FN2O. The zero-order valence-corrected chi connectivity index (χ0v) is 13.5. The molecule has 0 radical (unpaired) electrons. The highest BCUT2D eigenvalue weighted by Crippen LogP contribution is 2.18. The molecule has 1 fully saturated rings. The van der Waals surface area contributed by atoms with Crippen molar-refractivity contribution in [2.45, 2.75) is 45.6 Å². The summed E-state index contributed by atoms with van der Waals surface area (Å²) in [5, 5.41) is 3.30. The summed E-state index contributed by atoms with van der Waals surface area (Å²) in [5.41, 5.74) is 1.00. The number of benzene rings is 1. The molecule has 0 aliphatic carbocycles. The average Bonchev–Trinajstić information content (AvgIpc) is 2.56. The van der Waals surface area contributed by atoms with Gasteiger partial charge < -0.3 is 10.2 Å². The molecule has 3 nitrogen and oxygen atoms in total. The number of halogens is 1. The van der Waals surface area contributed by atoms with Crippen LogP contribution in [0.2, 0.25) is 0 Å². The first kappa shape index (κ1) is 16.9. The van der Waals surface area contributed by atoms with Crippen LogP contribution in [0.15, 0.2) is 24.3 Å². The zero-order valence-electron chi connectivity index (χ0n) is 13.5. The van der Waals surface area contributed by atoms with Crippen LogP contribution < -0.4 is 5.32 Å². The van der Waals surface area contributed by atoms with Gasteiger partial charge in [0, 0.05) is 19.0 Å². The minimum atomic E-state index is -0.231. The summed E-state index contributed by atoms with van der Waals surface area (Å²) in [6, 6.07) is 6.48. The Morgan fingerprint density at radius 3 is 2.55 bits per heavy atom. The topological polar surface area (TPSA) is 32.3 Å². The number of rotatable bonds is 7. The number of amides is 1. The van der Waals surface area contributed by atoms with Gasteiger partial charge in [-0.1, -0.05) is 31.9 Å². The van der Waals surface area contributed by atoms with Gasteiger partial charge >= 0.3 is 0 Å². The molecule has 0 bridgehead atoms. The lowest BCUT2D eigenvalue weighted by Gasteiger charge is -2.30. The Hall–Kier alpha value is -1.42. The molecular weight excluding hydrogens is 279 g/mol. The zero-order chi connectivity index (χ0) is 15.8. The number of hydrogen-bond donors (Lipinski definition) is 1. The number of hydrogen-bond acceptors (Lipinski definition) is 2. The van der Waals surface area contributed by atoms with Crippen LogP contribution in [-0.2, 0) is 11.3 Å². The van der Waals surface area contributed by atoms with E-state index in [1.54, 1.807) is 12.1 Å². The van der Waals surface area contributed by atoms with Crippen molar-refractivity contribution in [2.75, 3.05) is 19.6 Å². The molecule has 1 aliphatic heterocycles. The number of nitrogens with one attached hydrogen (secondary N) is 1. The number of carbonyl (C=O) groups excluding carboxylic acids is 1. The Bertz CT molecular complexity index is 455. The summed E-state index contributed by atoms with van der Waals surface area (Å²) >= 11 is 0. The molecule has 0 atom stereocenters. The van der Waals surface area contributed by atoms with E-state index in [-0.39, 0.29) is 17.6 Å². The number of piperidine rings is 1. The van der Waals surface area contributed by atoms with Crippen LogP contribution in [0, 0.1) is 11.7 Å². The lowest BCUT2D eigenvalue weighted by molar-refractivity contribution is -0.137. The highest BCUT2D eigenvalue weighted by atomic mass is 19.1. The van der Waals surface area contributed by atoms with E-state index < -0.39 is 0 Å². The average molecular weight is 306 g/mol. The summed E-state index contributed by atoms with van der Waals surface area (Å²) in [7, 11) is 0. The molecule has 22 heavy (non-hydrogen) atoms. The molecule has 0 saturated carbocycles. The monoisotopic (exact) mass is 306 g/mol. The second-order valence-corrected chi connectivity index (χ2v) is 6.12. The molecule has 0 unspecified atom stereocenters. The number of unbranched alkanes of at least 4 members (excludes halogenated alkanes) is 2. The third-order valence-corrected chi connectivity index (χ3v) is 4.32. The Morgan fingerprint density at radius 2 is 1.91 bits per heavy atom. The maximum atomic E-state index is 13.0. The van der Waals surface area contributed by atoms with E-state index in [0.717, 1.165) is 57.3 Å². The molecule has 1 heterocycles. The van der Waals surface area contributed by atoms with Gasteiger partial charge in [-0.25, -0.2) is 4.39 Å². The molecule has 4 heteroatoms. The summed E-state index contributed by atoms with van der Waals surface area (Å²) < 4.78 is 13.0. The van der Waals surface area contributed by atoms with E-state index in [4.69, 9.17) is 0 Å². The van der Waals surface area contributed by atoms with Crippen molar-refractivity contribution in [1.82, 2.24) is 10.2 Å². The minimum absolute atomic E-state index is 0.142. The second-order valence-electron chi connectivity index (χ2n) is 6.12. The maximum absolute atomic E-state index is 13.0. The lowest BCUT2D eigenvalue weighted by Crippen LogP contribution is -2.41. The van der Waals surface area contributed by atoms with Gasteiger partial charge in [0.05, 0.1) is 0 Å². The molecule has 1 amide bonds. The Morgan fingerprint density at radius 1 is 1.23 bits per heavy atom. The van der Waals surface area contributed by atoms with E-state index >= 15 is 0 Å². The Kier molecular flexibility index (Phi) is 6.84. The highest BCUT2D eigenvalue weighted by molar-refractivity contribution is 5.79. The third-order valence-electron chi connectivity index (χ3n) is 4.32. The van der Waals surface area contributed by atoms with Crippen LogP contribution in [0.25, 0.3) is 0 Å². The minimum Gasteiger partial charge on any atom is -0.338 e. The molecule has 2 rings (SSSR count). The summed E-state index contributed by atoms with van der Waals surface area (Å²) in [6.07, 6.45) is 5.17. The van der Waals surface area contributed by atoms with E-state index in [1.807, 2.05) is 4.90 Å². The summed E-state index contributed by atoms with van der Waals surface area (Å²) in [6.45, 7) is 5.41. The fraction of sp³-hybridized carbons (Fsp3) is 0.611. The highest BCUT2D eigenvalue weighted by Gasteiger charge is 2.25. The van der Waals surface area contributed by atoms with Gasteiger partial charge in [-0.15, -0.1) is 0 Å². The predicted octanol–water partition coefficient (Wildman–Crippen LogP) is 3.34. The van der Waals surface area contributed by atoms with Crippen LogP contribution >= 0.6 is 0 Å². The molecule has 1 aromatic carbocycles. The molecule has 1 aliphatic rings. The standard InChI is InChI=1S/C18H27FN2O/c1-2-3-4-13-21(14-15-5-7-17(19)8-6-15)18(22)16-9-11-20-12-10-16/h5-8,16,20H,2-4,9-14H2,1H3. The van der Waals surface area contributed by atoms with Gasteiger partial charge in [-0.2, -0.15) is 0 Å². The van der Waals surface area contributed by atoms with Gasteiger partial charge in [0.1, 0.15) is 5.82 Å². The van der Waals surface area contributed by atoms with Crippen molar-refractivity contribution < 1.29 is 9.18 Å². The summed E-state index contributed by atoms with van der Waals surface area (Å²) in [5.74, 6) is 0.177. The van der Waals surface area contributed by atoms with Gasteiger partial charge in [0.25, 0.3) is 0 Å². The van der Waals surface area contributed by atoms with Crippen LogP contribution in [0.3, 0.4) is 0 Å². The van der Waals surface area contributed by atoms with Crippen molar-refractivity contribution in [3.05, 3.63) is 35.6 Å². The number of carbonyl (C=O) groups is 1. The van der Waals surface area contributed by atoms with E-state index in [0.29, 0.717) is 6.54 Å². The predicted molar refractivity (Wildman–Crippen MR) is 86.9 cm³/mol. The van der Waals surface area contributed by atoms with Crippen LogP contribution in [0.1, 0.15) is 44.6 Å². The molecule has 0 aromatic heterocycles. The lowest BCUT2D eigenvalue weighted by atomic mass is 9.96. The van der Waals surface area contributed by atoms with Crippen molar-refractivity contribution >= 4 is 5.91 Å². The van der Waals surface area contributed by atoms with Crippen molar-refractivity contribution in [2.24, 2.45) is 5.92 Å². The van der Waals surface area contributed by atoms with Gasteiger partial charge in [0.15, 0.2) is 0 Å². The fourth-order valence-corrected chi connectivity index (χ4v) is 2.96. The summed E-state index contributed by atoms with van der Waals surface area (Å²) in [4.78, 5) is 14.8. The Labute approximate surface area is 132 Å². The normalized spacial score (nSPS) is 15.7. The first-order valence-corrected chi connectivity index (χ1v) is 8.44. The van der Waals surface area contributed by atoms with Gasteiger partial charge in [0.2, 0.25) is 5.91 Å². The van der Waals surface area contributed by atoms with Crippen molar-refractivity contribution in [3.8, 4) is 0 Å². The molecule has 1 N–H and O–H groups in total. The van der Waals surface area contributed by atoms with Crippen LogP contribution in [0.4, 0.5) is 4.39 Å². The second kappa shape index (κ2) is 8.89. The molecule has 0 spiro atoms.